The Morgan fingerprint density at radius 2 is 2.15 bits per heavy atom. The minimum atomic E-state index is -0.0669. The van der Waals surface area contributed by atoms with E-state index < -0.39 is 0 Å². The highest BCUT2D eigenvalue weighted by Gasteiger charge is 2.40. The monoisotopic (exact) mass is 296 g/mol. The van der Waals surface area contributed by atoms with Crippen LogP contribution >= 0.6 is 11.3 Å². The minimum Gasteiger partial charge on any atom is -0.381 e. The van der Waals surface area contributed by atoms with Gasteiger partial charge >= 0.3 is 0 Å². The quantitative estimate of drug-likeness (QED) is 0.931. The van der Waals surface area contributed by atoms with Crippen molar-refractivity contribution in [3.63, 3.8) is 0 Å². The average molecular weight is 296 g/mol. The molecule has 2 aliphatic rings. The predicted octanol–water partition coefficient (Wildman–Crippen LogP) is 2.70. The number of aromatic nitrogens is 1. The number of rotatable bonds is 3. The van der Waals surface area contributed by atoms with Gasteiger partial charge < -0.3 is 14.8 Å². The van der Waals surface area contributed by atoms with Crippen LogP contribution in [0, 0.1) is 0 Å². The van der Waals surface area contributed by atoms with Crippen LogP contribution in [0.2, 0.25) is 0 Å². The lowest BCUT2D eigenvalue weighted by atomic mass is 9.83. The van der Waals surface area contributed by atoms with Crippen LogP contribution in [0.25, 0.3) is 0 Å². The van der Waals surface area contributed by atoms with Crippen molar-refractivity contribution >= 4 is 11.3 Å². The third-order valence-corrected chi connectivity index (χ3v) is 5.53. The Balaban J connectivity index is 1.65. The molecule has 20 heavy (non-hydrogen) atoms. The van der Waals surface area contributed by atoms with E-state index in [1.165, 1.54) is 0 Å². The van der Waals surface area contributed by atoms with Crippen molar-refractivity contribution in [1.82, 2.24) is 10.3 Å². The molecule has 1 aromatic rings. The number of hydrogen-bond acceptors (Lipinski definition) is 5. The van der Waals surface area contributed by atoms with E-state index in [0.29, 0.717) is 6.04 Å². The van der Waals surface area contributed by atoms with E-state index in [-0.39, 0.29) is 11.1 Å². The van der Waals surface area contributed by atoms with Gasteiger partial charge in [0.05, 0.1) is 11.1 Å². The second-order valence-corrected chi connectivity index (χ2v) is 7.33. The van der Waals surface area contributed by atoms with Crippen LogP contribution < -0.4 is 5.32 Å². The largest absolute Gasteiger partial charge is 0.381 e. The van der Waals surface area contributed by atoms with Crippen molar-refractivity contribution in [1.29, 1.82) is 0 Å². The molecule has 0 aromatic carbocycles. The Kier molecular flexibility index (Phi) is 4.13. The third kappa shape index (κ3) is 3.06. The van der Waals surface area contributed by atoms with Crippen LogP contribution in [0.5, 0.6) is 0 Å². The molecule has 1 unspecified atom stereocenters. The topological polar surface area (TPSA) is 43.4 Å². The lowest BCUT2D eigenvalue weighted by molar-refractivity contribution is -0.141. The molecule has 3 rings (SSSR count). The highest BCUT2D eigenvalue weighted by Crippen LogP contribution is 2.35. The summed E-state index contributed by atoms with van der Waals surface area (Å²) in [6, 6.07) is 0.501. The fraction of sp³-hybridized carbons (Fsp3) is 0.800. The fourth-order valence-corrected chi connectivity index (χ4v) is 4.07. The summed E-state index contributed by atoms with van der Waals surface area (Å²) >= 11 is 1.72. The van der Waals surface area contributed by atoms with Gasteiger partial charge in [-0.3, -0.25) is 0 Å². The van der Waals surface area contributed by atoms with E-state index in [4.69, 9.17) is 9.47 Å². The molecule has 3 heterocycles. The van der Waals surface area contributed by atoms with E-state index in [9.17, 15) is 0 Å². The van der Waals surface area contributed by atoms with E-state index in [2.05, 4.69) is 24.1 Å². The van der Waals surface area contributed by atoms with Crippen LogP contribution in [0.3, 0.4) is 0 Å². The molecule has 0 amide bonds. The lowest BCUT2D eigenvalue weighted by Crippen LogP contribution is -2.53. The molecule has 5 heteroatoms. The van der Waals surface area contributed by atoms with Gasteiger partial charge in [-0.15, -0.1) is 11.3 Å². The first-order chi connectivity index (χ1) is 9.60. The van der Waals surface area contributed by atoms with E-state index in [0.717, 1.165) is 50.5 Å². The molecule has 1 N–H and O–H groups in total. The number of nitrogens with zero attached hydrogens (tertiary/aromatic N) is 1. The first-order valence-electron chi connectivity index (χ1n) is 7.49. The van der Waals surface area contributed by atoms with Crippen molar-refractivity contribution in [2.75, 3.05) is 19.8 Å². The molecule has 1 atom stereocenters. The molecule has 1 spiro atoms. The van der Waals surface area contributed by atoms with Crippen LogP contribution in [0.15, 0.2) is 11.6 Å². The number of nitrogens with one attached hydrogen (secondary N) is 1. The van der Waals surface area contributed by atoms with Gasteiger partial charge in [-0.25, -0.2) is 4.98 Å². The zero-order chi connectivity index (χ0) is 14.1. The summed E-state index contributed by atoms with van der Waals surface area (Å²) in [5, 5.41) is 7.00. The van der Waals surface area contributed by atoms with E-state index >= 15 is 0 Å². The first kappa shape index (κ1) is 14.4. The SMILES string of the molecule is CC(C)(NC1CCOC2(CCOCC2)C1)c1nccs1. The fourth-order valence-electron chi connectivity index (χ4n) is 3.35. The highest BCUT2D eigenvalue weighted by atomic mass is 32.1. The van der Waals surface area contributed by atoms with Gasteiger partial charge in [0.1, 0.15) is 5.01 Å². The molecule has 0 bridgehead atoms. The summed E-state index contributed by atoms with van der Waals surface area (Å²) in [5.74, 6) is 0. The van der Waals surface area contributed by atoms with Crippen LogP contribution in [0.1, 0.15) is 44.5 Å². The second kappa shape index (κ2) is 5.72. The van der Waals surface area contributed by atoms with Crippen molar-refractivity contribution in [3.05, 3.63) is 16.6 Å². The smallest absolute Gasteiger partial charge is 0.112 e. The molecule has 2 aliphatic heterocycles. The van der Waals surface area contributed by atoms with Crippen LogP contribution in [-0.4, -0.2) is 36.4 Å². The Labute approximate surface area is 124 Å². The average Bonchev–Trinajstić information content (AvgIpc) is 2.94. The van der Waals surface area contributed by atoms with Crippen molar-refractivity contribution in [2.45, 2.75) is 56.7 Å². The molecule has 1 aromatic heterocycles. The number of hydrogen-bond donors (Lipinski definition) is 1. The summed E-state index contributed by atoms with van der Waals surface area (Å²) in [5.41, 5.74) is -0.0182. The number of ether oxygens (including phenoxy) is 2. The Morgan fingerprint density at radius 1 is 1.35 bits per heavy atom. The molecule has 0 radical (unpaired) electrons. The summed E-state index contributed by atoms with van der Waals surface area (Å²) in [4.78, 5) is 4.46. The van der Waals surface area contributed by atoms with Gasteiger partial charge in [-0.05, 0) is 39.5 Å². The maximum atomic E-state index is 6.11. The van der Waals surface area contributed by atoms with Crippen molar-refractivity contribution in [2.24, 2.45) is 0 Å². The van der Waals surface area contributed by atoms with Gasteiger partial charge in [0.25, 0.3) is 0 Å². The summed E-state index contributed by atoms with van der Waals surface area (Å²) in [7, 11) is 0. The van der Waals surface area contributed by atoms with Gasteiger partial charge in [0.15, 0.2) is 0 Å². The summed E-state index contributed by atoms with van der Waals surface area (Å²) < 4.78 is 11.6. The summed E-state index contributed by atoms with van der Waals surface area (Å²) in [6.45, 7) is 6.96. The molecule has 0 aliphatic carbocycles. The molecule has 112 valence electrons. The maximum Gasteiger partial charge on any atom is 0.112 e. The minimum absolute atomic E-state index is 0.0487. The zero-order valence-corrected chi connectivity index (χ0v) is 13.2. The first-order valence-corrected chi connectivity index (χ1v) is 8.37. The van der Waals surface area contributed by atoms with Gasteiger partial charge in [-0.1, -0.05) is 0 Å². The van der Waals surface area contributed by atoms with E-state index in [1.807, 2.05) is 11.6 Å². The highest BCUT2D eigenvalue weighted by molar-refractivity contribution is 7.09. The van der Waals surface area contributed by atoms with Gasteiger partial charge in [0, 0.05) is 37.4 Å². The van der Waals surface area contributed by atoms with Gasteiger partial charge in [-0.2, -0.15) is 0 Å². The van der Waals surface area contributed by atoms with Crippen molar-refractivity contribution in [3.8, 4) is 0 Å². The number of thiazole rings is 1. The normalized spacial score (nSPS) is 26.8. The Hall–Kier alpha value is -0.490. The Morgan fingerprint density at radius 3 is 2.85 bits per heavy atom. The zero-order valence-electron chi connectivity index (χ0n) is 12.4. The maximum absolute atomic E-state index is 6.11. The molecular weight excluding hydrogens is 272 g/mol. The molecular formula is C15H24N2O2S. The Bertz CT molecular complexity index is 422. The van der Waals surface area contributed by atoms with Crippen molar-refractivity contribution < 1.29 is 9.47 Å². The lowest BCUT2D eigenvalue weighted by Gasteiger charge is -2.45. The molecule has 4 nitrogen and oxygen atoms in total. The standard InChI is InChI=1S/C15H24N2O2S/c1-14(2,13-16-6-10-20-13)17-12-3-7-19-15(11-12)4-8-18-9-5-15/h6,10,12,17H,3-5,7-9,11H2,1-2H3. The van der Waals surface area contributed by atoms with Crippen LogP contribution in [-0.2, 0) is 15.0 Å². The predicted molar refractivity (Wildman–Crippen MR) is 80.0 cm³/mol. The molecule has 0 saturated carbocycles. The second-order valence-electron chi connectivity index (χ2n) is 6.44. The molecule has 2 saturated heterocycles. The third-order valence-electron chi connectivity index (χ3n) is 4.43. The van der Waals surface area contributed by atoms with Gasteiger partial charge in [0.2, 0.25) is 0 Å². The van der Waals surface area contributed by atoms with Crippen LogP contribution in [0.4, 0.5) is 0 Å². The molecule has 2 fully saturated rings. The van der Waals surface area contributed by atoms with E-state index in [1.54, 1.807) is 11.3 Å². The summed E-state index contributed by atoms with van der Waals surface area (Å²) in [6.07, 6.45) is 6.11.